The number of halogens is 2. The fourth-order valence-electron chi connectivity index (χ4n) is 1.99. The van der Waals surface area contributed by atoms with E-state index in [1.165, 1.54) is 0 Å². The van der Waals surface area contributed by atoms with Crippen LogP contribution in [0.5, 0.6) is 0 Å². The summed E-state index contributed by atoms with van der Waals surface area (Å²) in [6.45, 7) is 0. The lowest BCUT2D eigenvalue weighted by Crippen LogP contribution is -2.53. The second-order valence-corrected chi connectivity index (χ2v) is 3.66. The Hall–Kier alpha value is -0.220. The standard InChI is InChI=1S/C9H17F2NO/c1-12-9(8(10)11)5-3-4-7(6-9)13-2/h7-8,12H,3-6H2,1-2H3. The smallest absolute Gasteiger partial charge is 0.256 e. The van der Waals surface area contributed by atoms with Gasteiger partial charge in [0.05, 0.1) is 11.6 Å². The zero-order valence-corrected chi connectivity index (χ0v) is 8.15. The normalized spacial score (nSPS) is 35.3. The molecule has 0 heterocycles. The summed E-state index contributed by atoms with van der Waals surface area (Å²) < 4.78 is 30.7. The fraction of sp³-hybridized carbons (Fsp3) is 1.00. The van der Waals surface area contributed by atoms with Gasteiger partial charge in [0.2, 0.25) is 0 Å². The minimum absolute atomic E-state index is 0.0183. The molecule has 13 heavy (non-hydrogen) atoms. The Morgan fingerprint density at radius 1 is 1.54 bits per heavy atom. The second kappa shape index (κ2) is 4.33. The number of rotatable bonds is 3. The van der Waals surface area contributed by atoms with E-state index in [-0.39, 0.29) is 6.10 Å². The van der Waals surface area contributed by atoms with E-state index in [0.717, 1.165) is 12.8 Å². The van der Waals surface area contributed by atoms with E-state index < -0.39 is 12.0 Å². The van der Waals surface area contributed by atoms with Crippen molar-refractivity contribution in [3.05, 3.63) is 0 Å². The Bertz CT molecular complexity index is 166. The largest absolute Gasteiger partial charge is 0.381 e. The molecule has 0 aromatic heterocycles. The first-order valence-electron chi connectivity index (χ1n) is 4.64. The summed E-state index contributed by atoms with van der Waals surface area (Å²) >= 11 is 0. The van der Waals surface area contributed by atoms with E-state index in [1.807, 2.05) is 0 Å². The highest BCUT2D eigenvalue weighted by molar-refractivity contribution is 4.95. The molecule has 4 heteroatoms. The molecule has 0 radical (unpaired) electrons. The Kier molecular flexibility index (Phi) is 3.62. The first-order valence-corrected chi connectivity index (χ1v) is 4.64. The Labute approximate surface area is 77.6 Å². The van der Waals surface area contributed by atoms with Crippen LogP contribution in [0.3, 0.4) is 0 Å². The van der Waals surface area contributed by atoms with Crippen LogP contribution in [0.15, 0.2) is 0 Å². The third-order valence-corrected chi connectivity index (χ3v) is 2.99. The van der Waals surface area contributed by atoms with Gasteiger partial charge in [-0.15, -0.1) is 0 Å². The van der Waals surface area contributed by atoms with Crippen molar-refractivity contribution in [2.24, 2.45) is 0 Å². The van der Waals surface area contributed by atoms with Gasteiger partial charge in [0.1, 0.15) is 0 Å². The highest BCUT2D eigenvalue weighted by Crippen LogP contribution is 2.34. The van der Waals surface area contributed by atoms with E-state index in [1.54, 1.807) is 14.2 Å². The van der Waals surface area contributed by atoms with Crippen molar-refractivity contribution in [3.8, 4) is 0 Å². The van der Waals surface area contributed by atoms with Crippen molar-refractivity contribution in [1.29, 1.82) is 0 Å². The molecule has 1 rings (SSSR count). The van der Waals surface area contributed by atoms with Gasteiger partial charge < -0.3 is 10.1 Å². The number of alkyl halides is 2. The summed E-state index contributed by atoms with van der Waals surface area (Å²) in [5.41, 5.74) is -1.01. The zero-order valence-electron chi connectivity index (χ0n) is 8.15. The van der Waals surface area contributed by atoms with Crippen molar-refractivity contribution in [2.45, 2.75) is 43.8 Å². The number of methoxy groups -OCH3 is 1. The Morgan fingerprint density at radius 3 is 2.69 bits per heavy atom. The van der Waals surface area contributed by atoms with Crippen LogP contribution in [0.25, 0.3) is 0 Å². The van der Waals surface area contributed by atoms with Gasteiger partial charge in [0, 0.05) is 7.11 Å². The monoisotopic (exact) mass is 193 g/mol. The van der Waals surface area contributed by atoms with Crippen LogP contribution in [-0.2, 0) is 4.74 Å². The van der Waals surface area contributed by atoms with Gasteiger partial charge >= 0.3 is 0 Å². The van der Waals surface area contributed by atoms with Crippen molar-refractivity contribution >= 4 is 0 Å². The fourth-order valence-corrected chi connectivity index (χ4v) is 1.99. The molecule has 0 aliphatic heterocycles. The molecule has 0 amide bonds. The molecule has 0 bridgehead atoms. The van der Waals surface area contributed by atoms with Crippen LogP contribution in [0.4, 0.5) is 8.78 Å². The minimum atomic E-state index is -2.31. The maximum atomic E-state index is 12.8. The van der Waals surface area contributed by atoms with Crippen LogP contribution in [0.2, 0.25) is 0 Å². The molecular weight excluding hydrogens is 176 g/mol. The number of ether oxygens (including phenoxy) is 1. The molecule has 0 spiro atoms. The molecule has 2 atom stereocenters. The van der Waals surface area contributed by atoms with Gasteiger partial charge in [-0.3, -0.25) is 0 Å². The summed E-state index contributed by atoms with van der Waals surface area (Å²) in [6, 6.07) is 0. The van der Waals surface area contributed by atoms with E-state index in [9.17, 15) is 8.78 Å². The molecule has 1 N–H and O–H groups in total. The predicted molar refractivity (Wildman–Crippen MR) is 47.1 cm³/mol. The summed E-state index contributed by atoms with van der Waals surface area (Å²) in [7, 11) is 3.19. The third kappa shape index (κ3) is 2.17. The van der Waals surface area contributed by atoms with Crippen LogP contribution < -0.4 is 5.32 Å². The molecule has 78 valence electrons. The summed E-state index contributed by atoms with van der Waals surface area (Å²) in [5.74, 6) is 0. The third-order valence-electron chi connectivity index (χ3n) is 2.99. The average Bonchev–Trinajstić information content (AvgIpc) is 2.17. The van der Waals surface area contributed by atoms with Gasteiger partial charge in [0.25, 0.3) is 6.43 Å². The quantitative estimate of drug-likeness (QED) is 0.738. The molecular formula is C9H17F2NO. The van der Waals surface area contributed by atoms with Crippen LogP contribution in [-0.4, -0.2) is 32.2 Å². The first-order chi connectivity index (χ1) is 6.14. The van der Waals surface area contributed by atoms with Crippen molar-refractivity contribution < 1.29 is 13.5 Å². The minimum Gasteiger partial charge on any atom is -0.381 e. The van der Waals surface area contributed by atoms with Crippen molar-refractivity contribution in [1.82, 2.24) is 5.32 Å². The first kappa shape index (κ1) is 10.9. The number of hydrogen-bond acceptors (Lipinski definition) is 2. The molecule has 0 saturated heterocycles. The highest BCUT2D eigenvalue weighted by atomic mass is 19.3. The molecule has 2 nitrogen and oxygen atoms in total. The zero-order chi connectivity index (χ0) is 9.90. The van der Waals surface area contributed by atoms with Gasteiger partial charge in [-0.25, -0.2) is 8.78 Å². The van der Waals surface area contributed by atoms with Gasteiger partial charge in [-0.2, -0.15) is 0 Å². The number of nitrogens with one attached hydrogen (secondary N) is 1. The number of hydrogen-bond donors (Lipinski definition) is 1. The van der Waals surface area contributed by atoms with Gasteiger partial charge in [0.15, 0.2) is 0 Å². The van der Waals surface area contributed by atoms with Crippen LogP contribution in [0, 0.1) is 0 Å². The maximum Gasteiger partial charge on any atom is 0.256 e. The SMILES string of the molecule is CNC1(C(F)F)CCCC(OC)C1. The van der Waals surface area contributed by atoms with E-state index in [0.29, 0.717) is 12.8 Å². The average molecular weight is 193 g/mol. The summed E-state index contributed by atoms with van der Waals surface area (Å²) in [6.07, 6.45) is 0.334. The molecule has 1 saturated carbocycles. The maximum absolute atomic E-state index is 12.8. The van der Waals surface area contributed by atoms with Crippen molar-refractivity contribution in [3.63, 3.8) is 0 Å². The topological polar surface area (TPSA) is 21.3 Å². The molecule has 2 unspecified atom stereocenters. The second-order valence-electron chi connectivity index (χ2n) is 3.66. The lowest BCUT2D eigenvalue weighted by atomic mass is 9.80. The van der Waals surface area contributed by atoms with Crippen molar-refractivity contribution in [2.75, 3.05) is 14.2 Å². The summed E-state index contributed by atoms with van der Waals surface area (Å²) in [5, 5.41) is 2.75. The van der Waals surface area contributed by atoms with E-state index >= 15 is 0 Å². The predicted octanol–water partition coefficient (Wildman–Crippen LogP) is 1.80. The van der Waals surface area contributed by atoms with Gasteiger partial charge in [-0.1, -0.05) is 0 Å². The van der Waals surface area contributed by atoms with Crippen LogP contribution in [0.1, 0.15) is 25.7 Å². The summed E-state index contributed by atoms with van der Waals surface area (Å²) in [4.78, 5) is 0. The van der Waals surface area contributed by atoms with Gasteiger partial charge in [-0.05, 0) is 32.7 Å². The molecule has 1 aliphatic carbocycles. The van der Waals surface area contributed by atoms with Crippen LogP contribution >= 0.6 is 0 Å². The molecule has 0 aromatic carbocycles. The van der Waals surface area contributed by atoms with E-state index in [2.05, 4.69) is 5.32 Å². The lowest BCUT2D eigenvalue weighted by molar-refractivity contribution is -0.0397. The lowest BCUT2D eigenvalue weighted by Gasteiger charge is -2.39. The highest BCUT2D eigenvalue weighted by Gasteiger charge is 2.42. The molecule has 1 aliphatic rings. The molecule has 1 fully saturated rings. The Morgan fingerprint density at radius 2 is 2.23 bits per heavy atom. The molecule has 0 aromatic rings. The Balaban J connectivity index is 2.64. The van der Waals surface area contributed by atoms with E-state index in [4.69, 9.17) is 4.74 Å².